The second-order valence-corrected chi connectivity index (χ2v) is 4.62. The van der Waals surface area contributed by atoms with E-state index in [-0.39, 0.29) is 11.1 Å². The van der Waals surface area contributed by atoms with Gasteiger partial charge >= 0.3 is 6.47 Å². The zero-order valence-electron chi connectivity index (χ0n) is 8.26. The molecule has 0 radical (unpaired) electrons. The van der Waals surface area contributed by atoms with Gasteiger partial charge in [-0.3, -0.25) is 4.79 Å². The van der Waals surface area contributed by atoms with Gasteiger partial charge in [0.05, 0.1) is 11.1 Å². The lowest BCUT2D eigenvalue weighted by atomic mass is 10.0. The highest BCUT2D eigenvalue weighted by Crippen LogP contribution is 2.40. The Kier molecular flexibility index (Phi) is 2.17. The summed E-state index contributed by atoms with van der Waals surface area (Å²) in [5.74, 6) is 0. The third kappa shape index (κ3) is 1.46. The molecule has 0 amide bonds. The fraction of sp³-hybridized carbons (Fsp3) is 0.889. The maximum atomic E-state index is 10.3. The Morgan fingerprint density at radius 2 is 1.58 bits per heavy atom. The van der Waals surface area contributed by atoms with Crippen LogP contribution in [-0.2, 0) is 9.63 Å². The van der Waals surface area contributed by atoms with E-state index in [0.29, 0.717) is 6.47 Å². The molecule has 1 saturated heterocycles. The molecule has 1 rings (SSSR count). The Labute approximate surface area is 73.6 Å². The van der Waals surface area contributed by atoms with Crippen molar-refractivity contribution >= 4 is 6.47 Å². The topological polar surface area (TPSA) is 29.5 Å². The van der Waals surface area contributed by atoms with Gasteiger partial charge in [-0.05, 0) is 40.5 Å². The van der Waals surface area contributed by atoms with E-state index in [2.05, 4.69) is 27.7 Å². The molecule has 1 aliphatic rings. The molecule has 0 aliphatic carbocycles. The number of rotatable bonds is 2. The first-order valence-corrected chi connectivity index (χ1v) is 4.31. The van der Waals surface area contributed by atoms with Crippen LogP contribution in [0.4, 0.5) is 0 Å². The summed E-state index contributed by atoms with van der Waals surface area (Å²) < 4.78 is 0. The van der Waals surface area contributed by atoms with Crippen LogP contribution in [0.25, 0.3) is 0 Å². The van der Waals surface area contributed by atoms with Crippen molar-refractivity contribution in [3.8, 4) is 0 Å². The van der Waals surface area contributed by atoms with Crippen molar-refractivity contribution in [1.29, 1.82) is 0 Å². The van der Waals surface area contributed by atoms with Crippen LogP contribution >= 0.6 is 0 Å². The minimum Gasteiger partial charge on any atom is -0.370 e. The maximum Gasteiger partial charge on any atom is 0.313 e. The summed E-state index contributed by atoms with van der Waals surface area (Å²) in [5, 5.41) is 1.80. The van der Waals surface area contributed by atoms with E-state index >= 15 is 0 Å². The first kappa shape index (κ1) is 9.52. The van der Waals surface area contributed by atoms with Gasteiger partial charge in [-0.25, -0.2) is 0 Å². The highest BCUT2D eigenvalue weighted by Gasteiger charge is 2.46. The van der Waals surface area contributed by atoms with Crippen LogP contribution in [0.5, 0.6) is 0 Å². The lowest BCUT2D eigenvalue weighted by Crippen LogP contribution is -2.47. The van der Waals surface area contributed by atoms with E-state index in [4.69, 9.17) is 4.84 Å². The van der Waals surface area contributed by atoms with Gasteiger partial charge in [0.2, 0.25) is 0 Å². The van der Waals surface area contributed by atoms with Gasteiger partial charge in [0.25, 0.3) is 0 Å². The predicted octanol–water partition coefficient (Wildman–Crippen LogP) is 1.73. The molecule has 0 bridgehead atoms. The molecule has 1 heterocycles. The van der Waals surface area contributed by atoms with Gasteiger partial charge in [0, 0.05) is 0 Å². The first-order chi connectivity index (χ1) is 5.40. The van der Waals surface area contributed by atoms with E-state index in [1.54, 1.807) is 5.06 Å². The lowest BCUT2D eigenvalue weighted by molar-refractivity contribution is -0.220. The zero-order chi connectivity index (χ0) is 9.41. The third-order valence-corrected chi connectivity index (χ3v) is 2.60. The zero-order valence-corrected chi connectivity index (χ0v) is 8.26. The monoisotopic (exact) mass is 171 g/mol. The highest BCUT2D eigenvalue weighted by atomic mass is 16.7. The van der Waals surface area contributed by atoms with Gasteiger partial charge in [0.1, 0.15) is 0 Å². The Balaban J connectivity index is 2.80. The van der Waals surface area contributed by atoms with Crippen molar-refractivity contribution in [3.63, 3.8) is 0 Å². The summed E-state index contributed by atoms with van der Waals surface area (Å²) in [6.07, 6.45) is 2.13. The van der Waals surface area contributed by atoms with Gasteiger partial charge in [-0.1, -0.05) is 0 Å². The average molecular weight is 171 g/mol. The van der Waals surface area contributed by atoms with Crippen molar-refractivity contribution in [2.45, 2.75) is 51.6 Å². The minimum absolute atomic E-state index is 0.0234. The summed E-state index contributed by atoms with van der Waals surface area (Å²) in [5.41, 5.74) is -0.0468. The number of carbonyl (C=O) groups excluding carboxylic acids is 1. The molecule has 0 atom stereocenters. The van der Waals surface area contributed by atoms with Crippen molar-refractivity contribution in [2.24, 2.45) is 0 Å². The summed E-state index contributed by atoms with van der Waals surface area (Å²) in [6, 6.07) is 0. The van der Waals surface area contributed by atoms with E-state index < -0.39 is 0 Å². The molecule has 0 unspecified atom stereocenters. The van der Waals surface area contributed by atoms with Gasteiger partial charge in [-0.15, -0.1) is 5.06 Å². The van der Waals surface area contributed by atoms with E-state index in [9.17, 15) is 4.79 Å². The number of hydrogen-bond acceptors (Lipinski definition) is 3. The molecule has 0 spiro atoms. The molecule has 3 nitrogen and oxygen atoms in total. The van der Waals surface area contributed by atoms with E-state index in [1.807, 2.05) is 0 Å². The summed E-state index contributed by atoms with van der Waals surface area (Å²) in [4.78, 5) is 15.3. The quantitative estimate of drug-likeness (QED) is 0.592. The van der Waals surface area contributed by atoms with Crippen LogP contribution < -0.4 is 0 Å². The molecule has 70 valence electrons. The molecule has 1 aliphatic heterocycles. The van der Waals surface area contributed by atoms with Crippen LogP contribution in [-0.4, -0.2) is 22.6 Å². The molecule has 0 aromatic heterocycles. The van der Waals surface area contributed by atoms with Crippen LogP contribution in [0.2, 0.25) is 0 Å². The molecule has 0 N–H and O–H groups in total. The van der Waals surface area contributed by atoms with Crippen molar-refractivity contribution < 1.29 is 9.63 Å². The predicted molar refractivity (Wildman–Crippen MR) is 46.4 cm³/mol. The van der Waals surface area contributed by atoms with Crippen LogP contribution in [0.3, 0.4) is 0 Å². The second kappa shape index (κ2) is 2.73. The van der Waals surface area contributed by atoms with E-state index in [0.717, 1.165) is 12.8 Å². The smallest absolute Gasteiger partial charge is 0.313 e. The SMILES string of the molecule is CC1(C)CCC(C)(C)N1OC=O. The van der Waals surface area contributed by atoms with Crippen molar-refractivity contribution in [3.05, 3.63) is 0 Å². The molecular weight excluding hydrogens is 154 g/mol. The number of hydroxylamine groups is 2. The Morgan fingerprint density at radius 1 is 1.17 bits per heavy atom. The molecule has 12 heavy (non-hydrogen) atoms. The van der Waals surface area contributed by atoms with Crippen LogP contribution in [0.15, 0.2) is 0 Å². The normalized spacial score (nSPS) is 27.0. The van der Waals surface area contributed by atoms with Gasteiger partial charge < -0.3 is 4.84 Å². The Morgan fingerprint density at radius 3 is 1.92 bits per heavy atom. The number of hydrogen-bond donors (Lipinski definition) is 0. The van der Waals surface area contributed by atoms with Crippen molar-refractivity contribution in [2.75, 3.05) is 0 Å². The summed E-state index contributed by atoms with van der Waals surface area (Å²) in [6.45, 7) is 8.86. The summed E-state index contributed by atoms with van der Waals surface area (Å²) >= 11 is 0. The standard InChI is InChI=1S/C9H17NO2/c1-8(2)5-6-9(3,4)10(8)12-7-11/h7H,5-6H2,1-4H3. The Hall–Kier alpha value is -0.570. The minimum atomic E-state index is -0.0234. The molecule has 3 heteroatoms. The average Bonchev–Trinajstić information content (AvgIpc) is 2.13. The number of carbonyl (C=O) groups is 1. The molecule has 0 saturated carbocycles. The number of nitrogens with zero attached hydrogens (tertiary/aromatic N) is 1. The largest absolute Gasteiger partial charge is 0.370 e. The fourth-order valence-electron chi connectivity index (χ4n) is 1.96. The first-order valence-electron chi connectivity index (χ1n) is 4.31. The van der Waals surface area contributed by atoms with Crippen molar-refractivity contribution in [1.82, 2.24) is 5.06 Å². The van der Waals surface area contributed by atoms with Gasteiger partial charge in [0.15, 0.2) is 0 Å². The van der Waals surface area contributed by atoms with Crippen LogP contribution in [0, 0.1) is 0 Å². The lowest BCUT2D eigenvalue weighted by Gasteiger charge is -2.36. The maximum absolute atomic E-state index is 10.3. The molecule has 0 aromatic carbocycles. The summed E-state index contributed by atoms with van der Waals surface area (Å²) in [7, 11) is 0. The molecule has 0 aromatic rings. The molecular formula is C9H17NO2. The van der Waals surface area contributed by atoms with Gasteiger partial charge in [-0.2, -0.15) is 0 Å². The molecule has 1 fully saturated rings. The Bertz CT molecular complexity index is 171. The van der Waals surface area contributed by atoms with Crippen LogP contribution in [0.1, 0.15) is 40.5 Å². The van der Waals surface area contributed by atoms with E-state index in [1.165, 1.54) is 0 Å². The fourth-order valence-corrected chi connectivity index (χ4v) is 1.96. The second-order valence-electron chi connectivity index (χ2n) is 4.62. The highest BCUT2D eigenvalue weighted by molar-refractivity contribution is 5.36. The third-order valence-electron chi connectivity index (χ3n) is 2.60.